The number of nitrogens with zero attached hydrogens (tertiary/aromatic N) is 2. The summed E-state index contributed by atoms with van der Waals surface area (Å²) < 4.78 is 99.9. The van der Waals surface area contributed by atoms with Gasteiger partial charge in [0.05, 0.1) is 46.3 Å². The van der Waals surface area contributed by atoms with Crippen molar-refractivity contribution in [3.05, 3.63) is 52.7 Å². The lowest BCUT2D eigenvalue weighted by Gasteiger charge is -2.29. The lowest BCUT2D eigenvalue weighted by molar-refractivity contribution is -0.141. The predicted octanol–water partition coefficient (Wildman–Crippen LogP) is 9.03. The molecule has 7 nitrogen and oxygen atoms in total. The normalized spacial score (nSPS) is 13.0. The number of unbranched alkanes of at least 4 members (excludes halogenated alkanes) is 2. The van der Waals surface area contributed by atoms with E-state index in [9.17, 15) is 31.4 Å². The Morgan fingerprint density at radius 2 is 1.47 bits per heavy atom. The Morgan fingerprint density at radius 3 is 2.09 bits per heavy atom. The first-order chi connectivity index (χ1) is 21.8. The molecule has 0 atom stereocenters. The van der Waals surface area contributed by atoms with E-state index < -0.39 is 40.0 Å². The van der Waals surface area contributed by atoms with Crippen molar-refractivity contribution < 1.29 is 45.7 Å². The summed E-state index contributed by atoms with van der Waals surface area (Å²) in [6.07, 6.45) is -6.09. The van der Waals surface area contributed by atoms with E-state index in [2.05, 4.69) is 5.10 Å². The van der Waals surface area contributed by atoms with Crippen molar-refractivity contribution in [2.75, 3.05) is 26.4 Å². The number of halogens is 7. The minimum absolute atomic E-state index is 0.0508. The Kier molecular flexibility index (Phi) is 12.7. The summed E-state index contributed by atoms with van der Waals surface area (Å²) in [6, 6.07) is 6.56. The molecule has 14 heteroatoms. The van der Waals surface area contributed by atoms with Gasteiger partial charge in [0.1, 0.15) is 11.5 Å². The van der Waals surface area contributed by atoms with Gasteiger partial charge in [0, 0.05) is 19.2 Å². The highest BCUT2D eigenvalue weighted by molar-refractivity contribution is 6.31. The number of aromatic hydroxyl groups is 1. The van der Waals surface area contributed by atoms with E-state index in [1.807, 2.05) is 27.7 Å². The van der Waals surface area contributed by atoms with E-state index in [1.165, 1.54) is 25.2 Å². The van der Waals surface area contributed by atoms with Gasteiger partial charge in [-0.25, -0.2) is 0 Å². The standard InChI is InChI=1S/C33H42ClF6N3O4/c1-30(2,13-15-41)47-18-14-31(3,4)46-17-8-6-7-16-45-26-12-10-22(25-20-27(33(38,39)40)42-43(25)5)29(44)28(26)21-9-11-24(34)23(19-21)32(35,36)37/h9-12,19-20,44H,6-8,13-18,41H2,1-5H3. The summed E-state index contributed by atoms with van der Waals surface area (Å²) in [6.45, 7) is 9.70. The molecule has 0 saturated heterocycles. The van der Waals surface area contributed by atoms with E-state index in [4.69, 9.17) is 31.5 Å². The van der Waals surface area contributed by atoms with Crippen molar-refractivity contribution in [1.82, 2.24) is 9.78 Å². The number of aryl methyl sites for hydroxylation is 1. The summed E-state index contributed by atoms with van der Waals surface area (Å²) in [4.78, 5) is 0. The van der Waals surface area contributed by atoms with Crippen LogP contribution >= 0.6 is 11.6 Å². The van der Waals surface area contributed by atoms with Gasteiger partial charge in [-0.15, -0.1) is 0 Å². The van der Waals surface area contributed by atoms with Crippen molar-refractivity contribution in [2.24, 2.45) is 12.8 Å². The van der Waals surface area contributed by atoms with Gasteiger partial charge in [-0.2, -0.15) is 31.4 Å². The minimum Gasteiger partial charge on any atom is -0.506 e. The molecule has 0 amide bonds. The van der Waals surface area contributed by atoms with Crippen LogP contribution in [0, 0.1) is 0 Å². The van der Waals surface area contributed by atoms with Crippen LogP contribution in [0.25, 0.3) is 22.4 Å². The molecule has 1 aromatic heterocycles. The summed E-state index contributed by atoms with van der Waals surface area (Å²) in [5.74, 6) is -0.518. The largest absolute Gasteiger partial charge is 0.506 e. The first-order valence-corrected chi connectivity index (χ1v) is 15.6. The lowest BCUT2D eigenvalue weighted by Crippen LogP contribution is -2.32. The molecular weight excluding hydrogens is 652 g/mol. The average Bonchev–Trinajstić information content (AvgIpc) is 3.34. The third-order valence-corrected chi connectivity index (χ3v) is 7.96. The molecule has 0 spiro atoms. The Hall–Kier alpha value is -3.00. The summed E-state index contributed by atoms with van der Waals surface area (Å²) in [5.41, 5.74) is 2.23. The smallest absolute Gasteiger partial charge is 0.435 e. The number of benzene rings is 2. The number of alkyl halides is 6. The first kappa shape index (κ1) is 38.4. The summed E-state index contributed by atoms with van der Waals surface area (Å²) >= 11 is 5.82. The molecule has 0 radical (unpaired) electrons. The second kappa shape index (κ2) is 15.5. The van der Waals surface area contributed by atoms with E-state index in [0.717, 1.165) is 35.7 Å². The van der Waals surface area contributed by atoms with Crippen molar-refractivity contribution in [1.29, 1.82) is 0 Å². The number of hydrogen-bond acceptors (Lipinski definition) is 6. The third kappa shape index (κ3) is 10.8. The van der Waals surface area contributed by atoms with Gasteiger partial charge in [0.15, 0.2) is 5.69 Å². The Morgan fingerprint density at radius 1 is 0.830 bits per heavy atom. The molecule has 0 aliphatic heterocycles. The van der Waals surface area contributed by atoms with Gasteiger partial charge in [-0.05, 0) is 102 Å². The molecule has 0 saturated carbocycles. The quantitative estimate of drug-likeness (QED) is 0.115. The van der Waals surface area contributed by atoms with Gasteiger partial charge in [-0.1, -0.05) is 17.7 Å². The maximum atomic E-state index is 13.7. The molecular formula is C33H42ClF6N3O4. The van der Waals surface area contributed by atoms with Crippen LogP contribution in [0.4, 0.5) is 26.3 Å². The number of nitrogens with two attached hydrogens (primary N) is 1. The van der Waals surface area contributed by atoms with Crippen molar-refractivity contribution in [3.8, 4) is 33.9 Å². The second-order valence-corrected chi connectivity index (χ2v) is 12.9. The van der Waals surface area contributed by atoms with Crippen molar-refractivity contribution in [2.45, 2.75) is 83.4 Å². The average molecular weight is 694 g/mol. The SMILES string of the molecule is Cn1nc(C(F)(F)F)cc1-c1ccc(OCCCCCOC(C)(C)CCOC(C)(C)CCN)c(-c2ccc(Cl)c(C(F)(F)F)c2)c1O. The molecule has 0 bridgehead atoms. The zero-order valence-corrected chi connectivity index (χ0v) is 27.9. The molecule has 0 aliphatic rings. The summed E-state index contributed by atoms with van der Waals surface area (Å²) in [5, 5.41) is 14.2. The van der Waals surface area contributed by atoms with E-state index >= 15 is 0 Å². The first-order valence-electron chi connectivity index (χ1n) is 15.2. The molecule has 262 valence electrons. The molecule has 3 aromatic rings. The Balaban J connectivity index is 1.73. The van der Waals surface area contributed by atoms with E-state index in [-0.39, 0.29) is 40.3 Å². The van der Waals surface area contributed by atoms with Crippen LogP contribution in [0.15, 0.2) is 36.4 Å². The molecule has 0 aliphatic carbocycles. The highest BCUT2D eigenvalue weighted by Gasteiger charge is 2.36. The van der Waals surface area contributed by atoms with Crippen LogP contribution in [0.3, 0.4) is 0 Å². The number of hydrogen-bond donors (Lipinski definition) is 2. The Bertz CT molecular complexity index is 1490. The molecule has 1 heterocycles. The Labute approximate surface area is 275 Å². The molecule has 0 unspecified atom stereocenters. The zero-order chi connectivity index (χ0) is 35.2. The molecule has 0 fully saturated rings. The van der Waals surface area contributed by atoms with Crippen LogP contribution in [-0.2, 0) is 28.9 Å². The predicted molar refractivity (Wildman–Crippen MR) is 168 cm³/mol. The number of rotatable bonds is 16. The fraction of sp³-hybridized carbons (Fsp3) is 0.545. The van der Waals surface area contributed by atoms with Crippen LogP contribution < -0.4 is 10.5 Å². The summed E-state index contributed by atoms with van der Waals surface area (Å²) in [7, 11) is 1.26. The molecule has 2 aromatic carbocycles. The third-order valence-electron chi connectivity index (χ3n) is 7.63. The highest BCUT2D eigenvalue weighted by Crippen LogP contribution is 2.47. The topological polar surface area (TPSA) is 91.8 Å². The minimum atomic E-state index is -4.80. The van der Waals surface area contributed by atoms with Crippen LogP contribution in [0.2, 0.25) is 5.02 Å². The van der Waals surface area contributed by atoms with Gasteiger partial charge in [-0.3, -0.25) is 4.68 Å². The highest BCUT2D eigenvalue weighted by atomic mass is 35.5. The zero-order valence-electron chi connectivity index (χ0n) is 27.1. The van der Waals surface area contributed by atoms with Crippen LogP contribution in [-0.4, -0.2) is 52.5 Å². The van der Waals surface area contributed by atoms with Gasteiger partial charge in [0.2, 0.25) is 0 Å². The maximum absolute atomic E-state index is 13.7. The fourth-order valence-corrected chi connectivity index (χ4v) is 5.14. The van der Waals surface area contributed by atoms with Crippen LogP contribution in [0.1, 0.15) is 71.1 Å². The van der Waals surface area contributed by atoms with E-state index in [1.54, 1.807) is 0 Å². The second-order valence-electron chi connectivity index (χ2n) is 12.5. The number of phenols is 1. The lowest BCUT2D eigenvalue weighted by atomic mass is 9.97. The van der Waals surface area contributed by atoms with E-state index in [0.29, 0.717) is 39.0 Å². The van der Waals surface area contributed by atoms with Crippen molar-refractivity contribution >= 4 is 11.6 Å². The van der Waals surface area contributed by atoms with Gasteiger partial charge >= 0.3 is 12.4 Å². The van der Waals surface area contributed by atoms with Crippen LogP contribution in [0.5, 0.6) is 11.5 Å². The number of aromatic nitrogens is 2. The molecule has 3 N–H and O–H groups in total. The van der Waals surface area contributed by atoms with Gasteiger partial charge in [0.25, 0.3) is 0 Å². The molecule has 47 heavy (non-hydrogen) atoms. The monoisotopic (exact) mass is 693 g/mol. The maximum Gasteiger partial charge on any atom is 0.435 e. The fourth-order valence-electron chi connectivity index (χ4n) is 4.91. The number of phenolic OH excluding ortho intramolecular Hbond substituents is 1. The molecule has 3 rings (SSSR count). The van der Waals surface area contributed by atoms with Crippen molar-refractivity contribution in [3.63, 3.8) is 0 Å². The number of ether oxygens (including phenoxy) is 3. The van der Waals surface area contributed by atoms with Gasteiger partial charge < -0.3 is 25.1 Å².